The van der Waals surface area contributed by atoms with Crippen LogP contribution in [0.1, 0.15) is 40.7 Å². The monoisotopic (exact) mass is 419 g/mol. The number of hydrogen-bond acceptors (Lipinski definition) is 5. The first-order valence-electron chi connectivity index (χ1n) is 9.28. The summed E-state index contributed by atoms with van der Waals surface area (Å²) < 4.78 is 17.6. The van der Waals surface area contributed by atoms with Crippen LogP contribution in [-0.2, 0) is 16.1 Å². The zero-order chi connectivity index (χ0) is 21.6. The number of methoxy groups -OCH3 is 2. The van der Waals surface area contributed by atoms with Crippen molar-refractivity contribution in [2.24, 2.45) is 0 Å². The van der Waals surface area contributed by atoms with Gasteiger partial charge in [-0.25, -0.2) is 4.79 Å². The fourth-order valence-corrected chi connectivity index (χ4v) is 3.41. The zero-order valence-corrected chi connectivity index (χ0v) is 18.1. The molecule has 2 rings (SSSR count). The lowest BCUT2D eigenvalue weighted by Crippen LogP contribution is -2.13. The number of nitrogens with zero attached hydrogens (tertiary/aromatic N) is 1. The highest BCUT2D eigenvalue weighted by atomic mass is 35.5. The van der Waals surface area contributed by atoms with Gasteiger partial charge in [0.1, 0.15) is 0 Å². The largest absolute Gasteiger partial charge is 0.493 e. The SMILES string of the molecule is CCCn1c(C)cc(C(=O)COC(=O)C=Cc2cc(Cl)c(OC)c(OC)c2)c1C. The van der Waals surface area contributed by atoms with E-state index in [2.05, 4.69) is 11.5 Å². The molecule has 2 aromatic rings. The van der Waals surface area contributed by atoms with Gasteiger partial charge in [0, 0.05) is 29.6 Å². The highest BCUT2D eigenvalue weighted by Gasteiger charge is 2.16. The summed E-state index contributed by atoms with van der Waals surface area (Å²) in [7, 11) is 2.99. The number of ketones is 1. The van der Waals surface area contributed by atoms with Crippen molar-refractivity contribution >= 4 is 29.4 Å². The Bertz CT molecular complexity index is 930. The Morgan fingerprint density at radius 1 is 1.14 bits per heavy atom. The molecule has 0 saturated heterocycles. The van der Waals surface area contributed by atoms with Crippen LogP contribution < -0.4 is 9.47 Å². The molecule has 0 atom stereocenters. The van der Waals surface area contributed by atoms with Crippen molar-refractivity contribution in [1.82, 2.24) is 4.57 Å². The number of rotatable bonds is 9. The molecule has 156 valence electrons. The summed E-state index contributed by atoms with van der Waals surface area (Å²) in [6.07, 6.45) is 3.75. The number of benzene rings is 1. The van der Waals surface area contributed by atoms with Crippen LogP contribution in [0.25, 0.3) is 6.08 Å². The van der Waals surface area contributed by atoms with Crippen LogP contribution in [0.3, 0.4) is 0 Å². The van der Waals surface area contributed by atoms with E-state index in [-0.39, 0.29) is 12.4 Å². The van der Waals surface area contributed by atoms with Gasteiger partial charge < -0.3 is 18.8 Å². The van der Waals surface area contributed by atoms with Crippen molar-refractivity contribution in [2.45, 2.75) is 33.7 Å². The van der Waals surface area contributed by atoms with Crippen LogP contribution in [0.15, 0.2) is 24.3 Å². The molecule has 7 heteroatoms. The second kappa shape index (κ2) is 10.2. The van der Waals surface area contributed by atoms with E-state index in [9.17, 15) is 9.59 Å². The van der Waals surface area contributed by atoms with E-state index < -0.39 is 5.97 Å². The lowest BCUT2D eigenvalue weighted by molar-refractivity contribution is -0.136. The number of carbonyl (C=O) groups is 2. The molecule has 0 fully saturated rings. The minimum absolute atomic E-state index is 0.226. The van der Waals surface area contributed by atoms with E-state index >= 15 is 0 Å². The van der Waals surface area contributed by atoms with Crippen LogP contribution in [0.2, 0.25) is 5.02 Å². The average Bonchev–Trinajstić information content (AvgIpc) is 2.98. The minimum atomic E-state index is -0.619. The fraction of sp³-hybridized carbons (Fsp3) is 0.364. The van der Waals surface area contributed by atoms with Crippen LogP contribution >= 0.6 is 11.6 Å². The highest BCUT2D eigenvalue weighted by molar-refractivity contribution is 6.32. The van der Waals surface area contributed by atoms with Crippen LogP contribution in [-0.4, -0.2) is 37.1 Å². The number of halogens is 1. The van der Waals surface area contributed by atoms with Crippen molar-refractivity contribution < 1.29 is 23.8 Å². The molecule has 1 heterocycles. The van der Waals surface area contributed by atoms with Gasteiger partial charge in [-0.1, -0.05) is 18.5 Å². The Morgan fingerprint density at radius 2 is 1.86 bits per heavy atom. The number of aromatic nitrogens is 1. The topological polar surface area (TPSA) is 66.8 Å². The average molecular weight is 420 g/mol. The van der Waals surface area contributed by atoms with Gasteiger partial charge in [-0.2, -0.15) is 0 Å². The summed E-state index contributed by atoms with van der Waals surface area (Å²) in [4.78, 5) is 24.5. The van der Waals surface area contributed by atoms with Crippen molar-refractivity contribution in [3.05, 3.63) is 51.8 Å². The first-order valence-corrected chi connectivity index (χ1v) is 9.66. The third-order valence-corrected chi connectivity index (χ3v) is 4.82. The quantitative estimate of drug-likeness (QED) is 0.337. The molecule has 0 saturated carbocycles. The van der Waals surface area contributed by atoms with E-state index in [0.29, 0.717) is 27.6 Å². The standard InChI is InChI=1S/C22H26ClNO5/c1-6-9-24-14(2)10-17(15(24)3)19(25)13-29-21(26)8-7-16-11-18(23)22(28-5)20(12-16)27-4/h7-8,10-12H,6,9,13H2,1-5H3. The maximum absolute atomic E-state index is 12.5. The number of ether oxygens (including phenoxy) is 3. The molecule has 29 heavy (non-hydrogen) atoms. The number of Topliss-reactive ketones (excluding diaryl/α,β-unsaturated/α-hetero) is 1. The molecule has 0 radical (unpaired) electrons. The summed E-state index contributed by atoms with van der Waals surface area (Å²) in [6, 6.07) is 5.16. The maximum Gasteiger partial charge on any atom is 0.331 e. The molecule has 0 N–H and O–H groups in total. The Labute approximate surface area is 176 Å². The number of aryl methyl sites for hydroxylation is 1. The van der Waals surface area contributed by atoms with E-state index in [1.807, 2.05) is 19.9 Å². The van der Waals surface area contributed by atoms with Gasteiger partial charge in [0.25, 0.3) is 0 Å². The van der Waals surface area contributed by atoms with Crippen molar-refractivity contribution in [3.63, 3.8) is 0 Å². The van der Waals surface area contributed by atoms with Gasteiger partial charge in [0.05, 0.1) is 19.2 Å². The summed E-state index contributed by atoms with van der Waals surface area (Å²) in [6.45, 7) is 6.48. The Balaban J connectivity index is 2.02. The molecule has 0 aliphatic heterocycles. The predicted molar refractivity (Wildman–Crippen MR) is 113 cm³/mol. The Hall–Kier alpha value is -2.73. The lowest BCUT2D eigenvalue weighted by atomic mass is 10.1. The van der Waals surface area contributed by atoms with Crippen LogP contribution in [0.5, 0.6) is 11.5 Å². The second-order valence-electron chi connectivity index (χ2n) is 6.54. The van der Waals surface area contributed by atoms with Gasteiger partial charge >= 0.3 is 5.97 Å². The number of carbonyl (C=O) groups excluding carboxylic acids is 2. The molecule has 0 unspecified atom stereocenters. The van der Waals surface area contributed by atoms with Gasteiger partial charge in [-0.3, -0.25) is 4.79 Å². The molecule has 6 nitrogen and oxygen atoms in total. The zero-order valence-electron chi connectivity index (χ0n) is 17.4. The third kappa shape index (κ3) is 5.41. The smallest absolute Gasteiger partial charge is 0.331 e. The first kappa shape index (κ1) is 22.6. The van der Waals surface area contributed by atoms with Gasteiger partial charge in [-0.05, 0) is 50.1 Å². The minimum Gasteiger partial charge on any atom is -0.493 e. The number of hydrogen-bond donors (Lipinski definition) is 0. The summed E-state index contributed by atoms with van der Waals surface area (Å²) in [5, 5.41) is 0.359. The van der Waals surface area contributed by atoms with Crippen molar-refractivity contribution in [3.8, 4) is 11.5 Å². The Morgan fingerprint density at radius 3 is 2.48 bits per heavy atom. The first-order chi connectivity index (χ1) is 13.8. The van der Waals surface area contributed by atoms with E-state index in [1.54, 1.807) is 12.1 Å². The molecule has 0 amide bonds. The van der Waals surface area contributed by atoms with E-state index in [4.69, 9.17) is 25.8 Å². The molecule has 0 aliphatic carbocycles. The van der Waals surface area contributed by atoms with Crippen molar-refractivity contribution in [1.29, 1.82) is 0 Å². The van der Waals surface area contributed by atoms with E-state index in [0.717, 1.165) is 24.4 Å². The normalized spacial score (nSPS) is 11.0. The van der Waals surface area contributed by atoms with Crippen molar-refractivity contribution in [2.75, 3.05) is 20.8 Å². The van der Waals surface area contributed by atoms with Gasteiger partial charge in [0.15, 0.2) is 18.1 Å². The highest BCUT2D eigenvalue weighted by Crippen LogP contribution is 2.36. The van der Waals surface area contributed by atoms with Gasteiger partial charge in [-0.15, -0.1) is 0 Å². The van der Waals surface area contributed by atoms with Crippen LogP contribution in [0, 0.1) is 13.8 Å². The fourth-order valence-electron chi connectivity index (χ4n) is 3.11. The van der Waals surface area contributed by atoms with E-state index in [1.165, 1.54) is 26.4 Å². The second-order valence-corrected chi connectivity index (χ2v) is 6.95. The predicted octanol–water partition coefficient (Wildman–Crippen LogP) is 4.62. The third-order valence-electron chi connectivity index (χ3n) is 4.53. The molecule has 0 spiro atoms. The lowest BCUT2D eigenvalue weighted by Gasteiger charge is -2.10. The molecule has 0 aliphatic rings. The summed E-state index contributed by atoms with van der Waals surface area (Å²) >= 11 is 6.15. The summed E-state index contributed by atoms with van der Waals surface area (Å²) in [5.41, 5.74) is 3.13. The molecule has 1 aromatic carbocycles. The Kier molecular flexibility index (Phi) is 7.91. The summed E-state index contributed by atoms with van der Waals surface area (Å²) in [5.74, 6) is 0.0220. The molecular formula is C22H26ClNO5. The molecule has 1 aromatic heterocycles. The van der Waals surface area contributed by atoms with Gasteiger partial charge in [0.2, 0.25) is 5.78 Å². The van der Waals surface area contributed by atoms with Crippen LogP contribution in [0.4, 0.5) is 0 Å². The molecule has 0 bridgehead atoms. The number of esters is 1. The maximum atomic E-state index is 12.5. The molecular weight excluding hydrogens is 394 g/mol.